The molecule has 0 saturated heterocycles. The first kappa shape index (κ1) is 16.2. The average Bonchev–Trinajstić information content (AvgIpc) is 2.72. The molecule has 0 spiro atoms. The summed E-state index contributed by atoms with van der Waals surface area (Å²) in [6, 6.07) is 1.21. The van der Waals surface area contributed by atoms with Crippen molar-refractivity contribution in [3.05, 3.63) is 44.1 Å². The first-order valence-electron chi connectivity index (χ1n) is 5.25. The van der Waals surface area contributed by atoms with E-state index in [1.54, 1.807) is 0 Å². The molecule has 0 aliphatic rings. The number of sulfonamides is 1. The lowest BCUT2D eigenvalue weighted by molar-refractivity contribution is 0.459. The van der Waals surface area contributed by atoms with Gasteiger partial charge in [-0.3, -0.25) is 4.72 Å². The highest BCUT2D eigenvalue weighted by molar-refractivity contribution is 9.11. The van der Waals surface area contributed by atoms with E-state index >= 15 is 0 Å². The van der Waals surface area contributed by atoms with Crippen molar-refractivity contribution in [2.75, 3.05) is 4.72 Å². The van der Waals surface area contributed by atoms with Gasteiger partial charge >= 0.3 is 0 Å². The highest BCUT2D eigenvalue weighted by Crippen LogP contribution is 2.32. The second-order valence-electron chi connectivity index (χ2n) is 3.92. The molecular weight excluding hydrogens is 398 g/mol. The third-order valence-electron chi connectivity index (χ3n) is 2.48. The second kappa shape index (κ2) is 5.58. The summed E-state index contributed by atoms with van der Waals surface area (Å²) in [5.41, 5.74) is -1.39. The van der Waals surface area contributed by atoms with Gasteiger partial charge in [0.15, 0.2) is 23.3 Å². The Balaban J connectivity index is 2.54. The van der Waals surface area contributed by atoms with Crippen molar-refractivity contribution in [2.24, 2.45) is 0 Å². The summed E-state index contributed by atoms with van der Waals surface area (Å²) < 4.78 is 79.2. The first-order valence-corrected chi connectivity index (χ1v) is 8.34. The van der Waals surface area contributed by atoms with Crippen LogP contribution in [-0.4, -0.2) is 8.42 Å². The quantitative estimate of drug-likeness (QED) is 0.617. The van der Waals surface area contributed by atoms with Crippen LogP contribution in [0, 0.1) is 30.2 Å². The zero-order valence-corrected chi connectivity index (χ0v) is 13.4. The molecule has 2 rings (SSSR count). The van der Waals surface area contributed by atoms with Crippen molar-refractivity contribution in [1.29, 1.82) is 0 Å². The van der Waals surface area contributed by atoms with E-state index in [1.165, 1.54) is 17.7 Å². The molecule has 0 aliphatic carbocycles. The molecule has 2 aromatic rings. The number of nitrogens with one attached hydrogen (secondary N) is 1. The summed E-state index contributed by atoms with van der Waals surface area (Å²) in [5, 5.41) is 0. The zero-order valence-electron chi connectivity index (χ0n) is 10.2. The zero-order chi connectivity index (χ0) is 15.9. The van der Waals surface area contributed by atoms with Gasteiger partial charge in [-0.1, -0.05) is 0 Å². The lowest BCUT2D eigenvalue weighted by Crippen LogP contribution is -2.16. The van der Waals surface area contributed by atoms with Gasteiger partial charge in [-0.05, 0) is 28.9 Å². The topological polar surface area (TPSA) is 46.2 Å². The van der Waals surface area contributed by atoms with Gasteiger partial charge in [-0.2, -0.15) is 0 Å². The molecule has 114 valence electrons. The van der Waals surface area contributed by atoms with Crippen LogP contribution in [0.1, 0.15) is 4.88 Å². The molecule has 1 N–H and O–H groups in total. The fourth-order valence-corrected chi connectivity index (χ4v) is 5.03. The predicted octanol–water partition coefficient (Wildman–Crippen LogP) is 4.18. The third-order valence-corrected chi connectivity index (χ3v) is 5.64. The number of benzene rings is 1. The van der Waals surface area contributed by atoms with Gasteiger partial charge in [-0.15, -0.1) is 11.3 Å². The first-order chi connectivity index (χ1) is 9.63. The maximum absolute atomic E-state index is 13.5. The Morgan fingerprint density at radius 1 is 1.10 bits per heavy atom. The molecule has 10 heteroatoms. The largest absolute Gasteiger partial charge is 0.274 e. The number of hydrogen-bond acceptors (Lipinski definition) is 3. The second-order valence-corrected chi connectivity index (χ2v) is 8.21. The lowest BCUT2D eigenvalue weighted by atomic mass is 10.3. The Morgan fingerprint density at radius 2 is 1.62 bits per heavy atom. The van der Waals surface area contributed by atoms with Crippen LogP contribution in [0.2, 0.25) is 0 Å². The van der Waals surface area contributed by atoms with Gasteiger partial charge in [0.25, 0.3) is 10.0 Å². The molecule has 0 saturated carbocycles. The van der Waals surface area contributed by atoms with E-state index in [-0.39, 0.29) is 11.0 Å². The maximum atomic E-state index is 13.5. The molecule has 0 unspecified atom stereocenters. The van der Waals surface area contributed by atoms with E-state index in [0.29, 0.717) is 8.66 Å². The van der Waals surface area contributed by atoms with Crippen molar-refractivity contribution in [2.45, 2.75) is 11.8 Å². The van der Waals surface area contributed by atoms with Crippen LogP contribution in [-0.2, 0) is 10.0 Å². The minimum Gasteiger partial charge on any atom is -0.274 e. The standard InChI is InChI=1S/C11H6BrF4NO2S2/c1-4-7(3-8(12)20-4)21(18,19)17-11-9(15)5(13)2-6(14)10(11)16/h2-3,17H,1H3. The fraction of sp³-hybridized carbons (Fsp3) is 0.0909. The molecule has 0 atom stereocenters. The number of hydrogen-bond donors (Lipinski definition) is 1. The SMILES string of the molecule is Cc1sc(Br)cc1S(=O)(=O)Nc1c(F)c(F)cc(F)c1F. The minimum absolute atomic E-state index is 0.00506. The molecular formula is C11H6BrF4NO2S2. The highest BCUT2D eigenvalue weighted by Gasteiger charge is 2.26. The van der Waals surface area contributed by atoms with Gasteiger partial charge in [0.1, 0.15) is 10.6 Å². The molecule has 0 aliphatic heterocycles. The Kier molecular flexibility index (Phi) is 4.31. The average molecular weight is 404 g/mol. The van der Waals surface area contributed by atoms with E-state index in [0.717, 1.165) is 11.3 Å². The maximum Gasteiger partial charge on any atom is 0.263 e. The molecule has 1 aromatic heterocycles. The molecule has 21 heavy (non-hydrogen) atoms. The summed E-state index contributed by atoms with van der Waals surface area (Å²) in [4.78, 5) is 0.0925. The van der Waals surface area contributed by atoms with Gasteiger partial charge in [0.2, 0.25) is 0 Å². The number of aryl methyl sites for hydroxylation is 1. The Hall–Kier alpha value is -1.13. The molecule has 0 bridgehead atoms. The van der Waals surface area contributed by atoms with Gasteiger partial charge in [-0.25, -0.2) is 26.0 Å². The van der Waals surface area contributed by atoms with Crippen LogP contribution in [0.3, 0.4) is 0 Å². The van der Waals surface area contributed by atoms with E-state index in [1.807, 2.05) is 0 Å². The van der Waals surface area contributed by atoms with Crippen molar-refractivity contribution in [3.63, 3.8) is 0 Å². The normalized spacial score (nSPS) is 11.7. The smallest absolute Gasteiger partial charge is 0.263 e. The molecule has 1 aromatic carbocycles. The summed E-state index contributed by atoms with van der Waals surface area (Å²) in [6.45, 7) is 1.48. The van der Waals surface area contributed by atoms with Gasteiger partial charge in [0, 0.05) is 10.9 Å². The van der Waals surface area contributed by atoms with E-state index in [9.17, 15) is 26.0 Å². The monoisotopic (exact) mass is 403 g/mol. The van der Waals surface area contributed by atoms with Crippen molar-refractivity contribution < 1.29 is 26.0 Å². The molecule has 0 radical (unpaired) electrons. The summed E-state index contributed by atoms with van der Waals surface area (Å²) >= 11 is 4.15. The van der Waals surface area contributed by atoms with E-state index in [2.05, 4.69) is 15.9 Å². The van der Waals surface area contributed by atoms with Crippen LogP contribution in [0.5, 0.6) is 0 Å². The lowest BCUT2D eigenvalue weighted by Gasteiger charge is -2.10. The number of thiophene rings is 1. The van der Waals surface area contributed by atoms with Crippen molar-refractivity contribution >= 4 is 43.0 Å². The number of anilines is 1. The van der Waals surface area contributed by atoms with E-state index in [4.69, 9.17) is 0 Å². The third kappa shape index (κ3) is 3.06. The fourth-order valence-electron chi connectivity index (χ4n) is 1.55. The predicted molar refractivity (Wildman–Crippen MR) is 73.8 cm³/mol. The van der Waals surface area contributed by atoms with Crippen molar-refractivity contribution in [1.82, 2.24) is 0 Å². The Labute approximate surface area is 129 Å². The number of rotatable bonds is 3. The molecule has 3 nitrogen and oxygen atoms in total. The Bertz CT molecular complexity index is 794. The van der Waals surface area contributed by atoms with Crippen LogP contribution in [0.15, 0.2) is 20.8 Å². The molecule has 0 amide bonds. The van der Waals surface area contributed by atoms with Crippen LogP contribution < -0.4 is 4.72 Å². The van der Waals surface area contributed by atoms with Crippen molar-refractivity contribution in [3.8, 4) is 0 Å². The minimum atomic E-state index is -4.38. The summed E-state index contributed by atoms with van der Waals surface area (Å²) in [7, 11) is -4.38. The summed E-state index contributed by atoms with van der Waals surface area (Å²) in [5.74, 6) is -7.03. The number of halogens is 5. The Morgan fingerprint density at radius 3 is 2.05 bits per heavy atom. The van der Waals surface area contributed by atoms with Gasteiger partial charge < -0.3 is 0 Å². The van der Waals surface area contributed by atoms with E-state index < -0.39 is 39.0 Å². The van der Waals surface area contributed by atoms with Crippen LogP contribution in [0.4, 0.5) is 23.2 Å². The van der Waals surface area contributed by atoms with Gasteiger partial charge in [0.05, 0.1) is 3.79 Å². The van der Waals surface area contributed by atoms with Crippen LogP contribution >= 0.6 is 27.3 Å². The highest BCUT2D eigenvalue weighted by atomic mass is 79.9. The molecule has 0 fully saturated rings. The molecule has 1 heterocycles. The van der Waals surface area contributed by atoms with Crippen LogP contribution in [0.25, 0.3) is 0 Å². The summed E-state index contributed by atoms with van der Waals surface area (Å²) in [6.07, 6.45) is 0.